The Morgan fingerprint density at radius 3 is 2.95 bits per heavy atom. The van der Waals surface area contributed by atoms with Gasteiger partial charge >= 0.3 is 0 Å². The standard InChI is InChI=1S/C15H19FN4OS/c1-10(2)3-4-21-13-6-11(5-12(16)7-13)8-18-20-15-19-14(17)9-22-15/h5-10H,3-4,17H2,1-2H3,(H,19,20). The number of nitrogens with two attached hydrogens (primary N) is 1. The van der Waals surface area contributed by atoms with Crippen molar-refractivity contribution in [2.24, 2.45) is 11.0 Å². The van der Waals surface area contributed by atoms with Gasteiger partial charge in [-0.1, -0.05) is 13.8 Å². The number of nitrogens with one attached hydrogen (secondary N) is 1. The Balaban J connectivity index is 1.96. The van der Waals surface area contributed by atoms with Gasteiger partial charge in [-0.15, -0.1) is 11.3 Å². The van der Waals surface area contributed by atoms with Gasteiger partial charge in [-0.3, -0.25) is 5.43 Å². The van der Waals surface area contributed by atoms with Crippen LogP contribution in [-0.2, 0) is 0 Å². The van der Waals surface area contributed by atoms with Crippen molar-refractivity contribution in [1.82, 2.24) is 4.98 Å². The van der Waals surface area contributed by atoms with E-state index < -0.39 is 0 Å². The molecule has 0 amide bonds. The highest BCUT2D eigenvalue weighted by molar-refractivity contribution is 7.14. The van der Waals surface area contributed by atoms with Gasteiger partial charge in [0.25, 0.3) is 0 Å². The number of nitrogen functional groups attached to an aromatic ring is 1. The highest BCUT2D eigenvalue weighted by Crippen LogP contribution is 2.18. The molecule has 7 heteroatoms. The lowest BCUT2D eigenvalue weighted by molar-refractivity contribution is 0.288. The van der Waals surface area contributed by atoms with Crippen molar-refractivity contribution in [3.8, 4) is 5.75 Å². The zero-order chi connectivity index (χ0) is 15.9. The number of anilines is 2. The predicted molar refractivity (Wildman–Crippen MR) is 89.1 cm³/mol. The van der Waals surface area contributed by atoms with Crippen LogP contribution in [0.4, 0.5) is 15.3 Å². The summed E-state index contributed by atoms with van der Waals surface area (Å²) in [6.07, 6.45) is 2.43. The van der Waals surface area contributed by atoms with Crippen molar-refractivity contribution in [3.05, 3.63) is 35.0 Å². The number of benzene rings is 1. The Morgan fingerprint density at radius 2 is 2.27 bits per heavy atom. The van der Waals surface area contributed by atoms with Gasteiger partial charge in [0.05, 0.1) is 12.8 Å². The molecule has 118 valence electrons. The fourth-order valence-electron chi connectivity index (χ4n) is 1.65. The third-order valence-electron chi connectivity index (χ3n) is 2.75. The van der Waals surface area contributed by atoms with E-state index in [0.717, 1.165) is 6.42 Å². The molecule has 3 N–H and O–H groups in total. The van der Waals surface area contributed by atoms with E-state index in [1.165, 1.54) is 29.7 Å². The molecule has 0 spiro atoms. The summed E-state index contributed by atoms with van der Waals surface area (Å²) in [4.78, 5) is 4.01. The highest BCUT2D eigenvalue weighted by Gasteiger charge is 2.02. The molecule has 0 aliphatic heterocycles. The number of nitrogens with zero attached hydrogens (tertiary/aromatic N) is 2. The number of thiazole rings is 1. The minimum absolute atomic E-state index is 0.359. The third kappa shape index (κ3) is 5.33. The van der Waals surface area contributed by atoms with Crippen LogP contribution in [0, 0.1) is 11.7 Å². The number of hydrogen-bond acceptors (Lipinski definition) is 6. The van der Waals surface area contributed by atoms with Gasteiger partial charge in [0.2, 0.25) is 5.13 Å². The second kappa shape index (κ2) is 7.74. The van der Waals surface area contributed by atoms with Gasteiger partial charge in [0.15, 0.2) is 0 Å². The molecule has 22 heavy (non-hydrogen) atoms. The van der Waals surface area contributed by atoms with Crippen LogP contribution < -0.4 is 15.9 Å². The molecule has 0 atom stereocenters. The lowest BCUT2D eigenvalue weighted by atomic mass is 10.1. The summed E-state index contributed by atoms with van der Waals surface area (Å²) < 4.78 is 19.1. The molecule has 2 rings (SSSR count). The average Bonchev–Trinajstić information content (AvgIpc) is 2.83. The molecule has 0 aliphatic carbocycles. The van der Waals surface area contributed by atoms with E-state index in [-0.39, 0.29) is 5.82 Å². The van der Waals surface area contributed by atoms with Crippen LogP contribution >= 0.6 is 11.3 Å². The van der Waals surface area contributed by atoms with Crippen LogP contribution in [0.2, 0.25) is 0 Å². The maximum Gasteiger partial charge on any atom is 0.205 e. The van der Waals surface area contributed by atoms with Crippen LogP contribution in [0.5, 0.6) is 5.75 Å². The Labute approximate surface area is 133 Å². The van der Waals surface area contributed by atoms with Crippen molar-refractivity contribution in [2.45, 2.75) is 20.3 Å². The first-order valence-electron chi connectivity index (χ1n) is 6.96. The lowest BCUT2D eigenvalue weighted by Gasteiger charge is -2.08. The summed E-state index contributed by atoms with van der Waals surface area (Å²) in [5.74, 6) is 1.13. The molecular formula is C15H19FN4OS. The van der Waals surface area contributed by atoms with Gasteiger partial charge in [-0.05, 0) is 24.5 Å². The first-order valence-corrected chi connectivity index (χ1v) is 7.84. The molecule has 2 aromatic rings. The van der Waals surface area contributed by atoms with Gasteiger partial charge < -0.3 is 10.5 Å². The van der Waals surface area contributed by atoms with E-state index in [4.69, 9.17) is 10.5 Å². The summed E-state index contributed by atoms with van der Waals surface area (Å²) in [6.45, 7) is 4.79. The molecule has 1 heterocycles. The van der Waals surface area contributed by atoms with Crippen molar-refractivity contribution >= 4 is 28.5 Å². The molecule has 0 aliphatic rings. The predicted octanol–water partition coefficient (Wildman–Crippen LogP) is 3.74. The van der Waals surface area contributed by atoms with Crippen LogP contribution in [0.1, 0.15) is 25.8 Å². The second-order valence-corrected chi connectivity index (χ2v) is 6.06. The molecular weight excluding hydrogens is 303 g/mol. The number of hydrogen-bond donors (Lipinski definition) is 2. The van der Waals surface area contributed by atoms with Crippen molar-refractivity contribution in [2.75, 3.05) is 17.8 Å². The summed E-state index contributed by atoms with van der Waals surface area (Å²) in [5.41, 5.74) is 8.86. The highest BCUT2D eigenvalue weighted by atomic mass is 32.1. The maximum absolute atomic E-state index is 13.6. The zero-order valence-corrected chi connectivity index (χ0v) is 13.4. The average molecular weight is 322 g/mol. The summed E-state index contributed by atoms with van der Waals surface area (Å²) in [7, 11) is 0. The molecule has 0 bridgehead atoms. The number of rotatable bonds is 7. The summed E-state index contributed by atoms with van der Waals surface area (Å²) >= 11 is 1.35. The monoisotopic (exact) mass is 322 g/mol. The molecule has 0 unspecified atom stereocenters. The topological polar surface area (TPSA) is 72.5 Å². The van der Waals surface area contributed by atoms with Crippen molar-refractivity contribution in [1.29, 1.82) is 0 Å². The van der Waals surface area contributed by atoms with Gasteiger partial charge in [0.1, 0.15) is 17.4 Å². The van der Waals surface area contributed by atoms with E-state index in [9.17, 15) is 4.39 Å². The Morgan fingerprint density at radius 1 is 1.45 bits per heavy atom. The first-order chi connectivity index (χ1) is 10.5. The molecule has 0 saturated carbocycles. The third-order valence-corrected chi connectivity index (χ3v) is 3.52. The fourth-order valence-corrected chi connectivity index (χ4v) is 2.20. The SMILES string of the molecule is CC(C)CCOc1cc(F)cc(C=NNc2nc(N)cs2)c1. The van der Waals surface area contributed by atoms with Crippen LogP contribution in [0.15, 0.2) is 28.7 Å². The number of halogens is 1. The van der Waals surface area contributed by atoms with Crippen LogP contribution in [0.3, 0.4) is 0 Å². The normalized spacial score (nSPS) is 11.3. The summed E-state index contributed by atoms with van der Waals surface area (Å²) in [6, 6.07) is 4.49. The molecule has 5 nitrogen and oxygen atoms in total. The zero-order valence-electron chi connectivity index (χ0n) is 12.5. The van der Waals surface area contributed by atoms with Crippen molar-refractivity contribution < 1.29 is 9.13 Å². The van der Waals surface area contributed by atoms with E-state index in [1.807, 2.05) is 0 Å². The van der Waals surface area contributed by atoms with Crippen LogP contribution in [-0.4, -0.2) is 17.8 Å². The molecule has 0 saturated heterocycles. The second-order valence-electron chi connectivity index (χ2n) is 5.20. The Kier molecular flexibility index (Phi) is 5.71. The number of aromatic nitrogens is 1. The minimum Gasteiger partial charge on any atom is -0.493 e. The number of hydrazone groups is 1. The van der Waals surface area contributed by atoms with E-state index in [0.29, 0.717) is 34.8 Å². The van der Waals surface area contributed by atoms with Crippen LogP contribution in [0.25, 0.3) is 0 Å². The minimum atomic E-state index is -0.359. The molecule has 0 radical (unpaired) electrons. The van der Waals surface area contributed by atoms with E-state index in [1.54, 1.807) is 11.4 Å². The van der Waals surface area contributed by atoms with E-state index in [2.05, 4.69) is 29.4 Å². The maximum atomic E-state index is 13.6. The fraction of sp³-hybridized carbons (Fsp3) is 0.333. The largest absolute Gasteiger partial charge is 0.493 e. The molecule has 1 aromatic carbocycles. The smallest absolute Gasteiger partial charge is 0.205 e. The van der Waals surface area contributed by atoms with E-state index >= 15 is 0 Å². The molecule has 1 aromatic heterocycles. The molecule has 0 fully saturated rings. The Hall–Kier alpha value is -2.15. The quantitative estimate of drug-likeness (QED) is 0.602. The number of ether oxygens (including phenoxy) is 1. The van der Waals surface area contributed by atoms with Gasteiger partial charge in [-0.2, -0.15) is 5.10 Å². The Bertz CT molecular complexity index is 642. The first kappa shape index (κ1) is 16.2. The summed E-state index contributed by atoms with van der Waals surface area (Å²) in [5, 5.41) is 6.30. The van der Waals surface area contributed by atoms with Crippen molar-refractivity contribution in [3.63, 3.8) is 0 Å². The van der Waals surface area contributed by atoms with Gasteiger partial charge in [-0.25, -0.2) is 9.37 Å². The lowest BCUT2D eigenvalue weighted by Crippen LogP contribution is -2.02. The van der Waals surface area contributed by atoms with Gasteiger partial charge in [0, 0.05) is 17.0 Å².